The van der Waals surface area contributed by atoms with Gasteiger partial charge in [-0.25, -0.2) is 8.42 Å². The molecule has 2 aromatic rings. The highest BCUT2D eigenvalue weighted by atomic mass is 32.2. The average molecular weight is 359 g/mol. The van der Waals surface area contributed by atoms with E-state index in [4.69, 9.17) is 4.74 Å². The first-order valence-corrected chi connectivity index (χ1v) is 9.61. The predicted octanol–water partition coefficient (Wildman–Crippen LogP) is 3.25. The van der Waals surface area contributed by atoms with E-state index in [0.29, 0.717) is 12.1 Å². The molecule has 5 nitrogen and oxygen atoms in total. The van der Waals surface area contributed by atoms with Gasteiger partial charge in [-0.15, -0.1) is 0 Å². The standard InChI is InChI=1S/C19H21NO4S/c1-14(21)16-4-3-5-19(12-16)25(22,23)20(17-8-9-17)13-15-6-10-18(24-2)11-7-15/h3-7,10-12,17H,8-9,13H2,1-2H3. The molecule has 0 spiro atoms. The Morgan fingerprint density at radius 1 is 1.16 bits per heavy atom. The summed E-state index contributed by atoms with van der Waals surface area (Å²) in [6.07, 6.45) is 1.73. The van der Waals surface area contributed by atoms with Gasteiger partial charge in [0.1, 0.15) is 5.75 Å². The first kappa shape index (κ1) is 17.6. The summed E-state index contributed by atoms with van der Waals surface area (Å²) in [5.41, 5.74) is 1.31. The Hall–Kier alpha value is -2.18. The molecule has 6 heteroatoms. The third kappa shape index (κ3) is 3.91. The summed E-state index contributed by atoms with van der Waals surface area (Å²) < 4.78 is 32.9. The molecule has 1 saturated carbocycles. The van der Waals surface area contributed by atoms with E-state index < -0.39 is 10.0 Å². The van der Waals surface area contributed by atoms with Gasteiger partial charge in [-0.3, -0.25) is 4.79 Å². The topological polar surface area (TPSA) is 63.7 Å². The van der Waals surface area contributed by atoms with Crippen molar-refractivity contribution in [2.24, 2.45) is 0 Å². The van der Waals surface area contributed by atoms with Gasteiger partial charge in [-0.05, 0) is 49.6 Å². The monoisotopic (exact) mass is 359 g/mol. The minimum atomic E-state index is -3.66. The number of rotatable bonds is 7. The molecule has 25 heavy (non-hydrogen) atoms. The molecule has 0 N–H and O–H groups in total. The van der Waals surface area contributed by atoms with Gasteiger partial charge < -0.3 is 4.74 Å². The number of ether oxygens (including phenoxy) is 1. The summed E-state index contributed by atoms with van der Waals surface area (Å²) in [6.45, 7) is 1.74. The van der Waals surface area contributed by atoms with Crippen LogP contribution in [0.4, 0.5) is 0 Å². The van der Waals surface area contributed by atoms with E-state index in [1.54, 1.807) is 25.3 Å². The Bertz CT molecular complexity index is 871. The SMILES string of the molecule is COc1ccc(CN(C2CC2)S(=O)(=O)c2cccc(C(C)=O)c2)cc1. The van der Waals surface area contributed by atoms with Crippen LogP contribution in [0.2, 0.25) is 0 Å². The highest BCUT2D eigenvalue weighted by Crippen LogP contribution is 2.34. The molecule has 0 amide bonds. The quantitative estimate of drug-likeness (QED) is 0.712. The van der Waals surface area contributed by atoms with Gasteiger partial charge in [0.15, 0.2) is 5.78 Å². The van der Waals surface area contributed by atoms with Gasteiger partial charge in [-0.2, -0.15) is 4.31 Å². The number of benzene rings is 2. The minimum absolute atomic E-state index is 0.0214. The molecule has 0 saturated heterocycles. The molecule has 132 valence electrons. The fourth-order valence-corrected chi connectivity index (χ4v) is 4.41. The number of hydrogen-bond donors (Lipinski definition) is 0. The summed E-state index contributed by atoms with van der Waals surface area (Å²) >= 11 is 0. The normalized spacial score (nSPS) is 14.5. The van der Waals surface area contributed by atoms with E-state index in [1.165, 1.54) is 17.3 Å². The van der Waals surface area contributed by atoms with E-state index in [-0.39, 0.29) is 16.7 Å². The molecule has 0 aliphatic heterocycles. The van der Waals surface area contributed by atoms with Crippen molar-refractivity contribution in [1.29, 1.82) is 0 Å². The summed E-state index contributed by atoms with van der Waals surface area (Å²) in [7, 11) is -2.06. The zero-order valence-electron chi connectivity index (χ0n) is 14.3. The van der Waals surface area contributed by atoms with Gasteiger partial charge in [0.05, 0.1) is 12.0 Å². The Kier molecular flexibility index (Phi) is 4.92. The summed E-state index contributed by atoms with van der Waals surface area (Å²) in [5.74, 6) is 0.587. The second-order valence-electron chi connectivity index (χ2n) is 6.21. The Labute approximate surface area is 148 Å². The largest absolute Gasteiger partial charge is 0.497 e. The smallest absolute Gasteiger partial charge is 0.243 e. The summed E-state index contributed by atoms with van der Waals surface area (Å²) in [4.78, 5) is 11.7. The van der Waals surface area contributed by atoms with Crippen LogP contribution in [0.15, 0.2) is 53.4 Å². The van der Waals surface area contributed by atoms with Crippen molar-refractivity contribution >= 4 is 15.8 Å². The van der Waals surface area contributed by atoms with Crippen LogP contribution < -0.4 is 4.74 Å². The molecule has 3 rings (SSSR count). The van der Waals surface area contributed by atoms with Crippen molar-refractivity contribution < 1.29 is 17.9 Å². The lowest BCUT2D eigenvalue weighted by Gasteiger charge is -2.22. The summed E-state index contributed by atoms with van der Waals surface area (Å²) in [5, 5.41) is 0. The van der Waals surface area contributed by atoms with E-state index in [1.807, 2.05) is 24.3 Å². The van der Waals surface area contributed by atoms with Crippen LogP contribution >= 0.6 is 0 Å². The van der Waals surface area contributed by atoms with E-state index in [9.17, 15) is 13.2 Å². The van der Waals surface area contributed by atoms with Crippen molar-refractivity contribution in [1.82, 2.24) is 4.31 Å². The van der Waals surface area contributed by atoms with Crippen LogP contribution in [0.3, 0.4) is 0 Å². The molecule has 1 aliphatic rings. The van der Waals surface area contributed by atoms with Crippen molar-refractivity contribution in [2.45, 2.75) is 37.2 Å². The fraction of sp³-hybridized carbons (Fsp3) is 0.316. The number of methoxy groups -OCH3 is 1. The number of carbonyl (C=O) groups excluding carboxylic acids is 1. The van der Waals surface area contributed by atoms with Crippen molar-refractivity contribution in [3.8, 4) is 5.75 Å². The molecule has 1 fully saturated rings. The fourth-order valence-electron chi connectivity index (χ4n) is 2.69. The third-order valence-corrected chi connectivity index (χ3v) is 6.19. The second kappa shape index (κ2) is 6.98. The van der Waals surface area contributed by atoms with Crippen LogP contribution in [0, 0.1) is 0 Å². The van der Waals surface area contributed by atoms with Crippen LogP contribution in [0.25, 0.3) is 0 Å². The molecule has 0 bridgehead atoms. The van der Waals surface area contributed by atoms with E-state index >= 15 is 0 Å². The zero-order chi connectivity index (χ0) is 18.0. The maximum atomic E-state index is 13.1. The van der Waals surface area contributed by atoms with Crippen molar-refractivity contribution in [3.63, 3.8) is 0 Å². The molecule has 0 heterocycles. The third-order valence-electron chi connectivity index (χ3n) is 4.30. The van der Waals surface area contributed by atoms with Crippen molar-refractivity contribution in [3.05, 3.63) is 59.7 Å². The molecule has 0 radical (unpaired) electrons. The van der Waals surface area contributed by atoms with Gasteiger partial charge in [0.25, 0.3) is 0 Å². The van der Waals surface area contributed by atoms with E-state index in [2.05, 4.69) is 0 Å². The Morgan fingerprint density at radius 3 is 2.40 bits per heavy atom. The maximum absolute atomic E-state index is 13.1. The van der Waals surface area contributed by atoms with E-state index in [0.717, 1.165) is 24.2 Å². The average Bonchev–Trinajstić information content (AvgIpc) is 3.45. The lowest BCUT2D eigenvalue weighted by atomic mass is 10.2. The van der Waals surface area contributed by atoms with Gasteiger partial charge in [-0.1, -0.05) is 24.3 Å². The van der Waals surface area contributed by atoms with Crippen LogP contribution in [0.1, 0.15) is 35.7 Å². The zero-order valence-corrected chi connectivity index (χ0v) is 15.1. The molecule has 2 aromatic carbocycles. The van der Waals surface area contributed by atoms with Crippen LogP contribution in [-0.4, -0.2) is 31.7 Å². The van der Waals surface area contributed by atoms with Crippen LogP contribution in [-0.2, 0) is 16.6 Å². The molecule has 1 aliphatic carbocycles. The van der Waals surface area contributed by atoms with Crippen molar-refractivity contribution in [2.75, 3.05) is 7.11 Å². The number of sulfonamides is 1. The maximum Gasteiger partial charge on any atom is 0.243 e. The number of ketones is 1. The Balaban J connectivity index is 1.91. The molecule has 0 atom stereocenters. The second-order valence-corrected chi connectivity index (χ2v) is 8.10. The van der Waals surface area contributed by atoms with Gasteiger partial charge in [0.2, 0.25) is 10.0 Å². The highest BCUT2D eigenvalue weighted by molar-refractivity contribution is 7.89. The summed E-state index contributed by atoms with van der Waals surface area (Å²) in [6, 6.07) is 13.7. The molecular weight excluding hydrogens is 338 g/mol. The lowest BCUT2D eigenvalue weighted by Crippen LogP contribution is -2.32. The van der Waals surface area contributed by atoms with Gasteiger partial charge >= 0.3 is 0 Å². The predicted molar refractivity (Wildman–Crippen MR) is 95.2 cm³/mol. The number of hydrogen-bond acceptors (Lipinski definition) is 4. The minimum Gasteiger partial charge on any atom is -0.497 e. The molecular formula is C19H21NO4S. The Morgan fingerprint density at radius 2 is 1.84 bits per heavy atom. The molecule has 0 aromatic heterocycles. The first-order chi connectivity index (χ1) is 11.9. The number of carbonyl (C=O) groups is 1. The number of nitrogens with zero attached hydrogens (tertiary/aromatic N) is 1. The lowest BCUT2D eigenvalue weighted by molar-refractivity contribution is 0.101. The van der Waals surface area contributed by atoms with Gasteiger partial charge in [0, 0.05) is 18.2 Å². The first-order valence-electron chi connectivity index (χ1n) is 8.17. The molecule has 0 unspecified atom stereocenters. The van der Waals surface area contributed by atoms with Crippen LogP contribution in [0.5, 0.6) is 5.75 Å². The number of Topliss-reactive ketones (excluding diaryl/α,β-unsaturated/α-hetero) is 1. The highest BCUT2D eigenvalue weighted by Gasteiger charge is 2.38.